The number of nitrogens with two attached hydrogens (primary N) is 1. The molecule has 2 aromatic rings. The number of aliphatic hydroxyl groups excluding tert-OH is 1. The van der Waals surface area contributed by atoms with Crippen LogP contribution in [0.5, 0.6) is 11.5 Å². The summed E-state index contributed by atoms with van der Waals surface area (Å²) in [6.45, 7) is 5.83. The Morgan fingerprint density at radius 1 is 1.26 bits per heavy atom. The number of nitrogens with zero attached hydrogens (tertiary/aromatic N) is 1. The van der Waals surface area contributed by atoms with E-state index >= 15 is 0 Å². The van der Waals surface area contributed by atoms with Gasteiger partial charge in [0.1, 0.15) is 6.61 Å². The Bertz CT molecular complexity index is 1030. The van der Waals surface area contributed by atoms with Gasteiger partial charge in [0.05, 0.1) is 17.9 Å². The minimum Gasteiger partial charge on any atom is -0.489 e. The molecule has 1 aliphatic carbocycles. The first-order valence-electron chi connectivity index (χ1n) is 12.5. The molecule has 0 bridgehead atoms. The number of rotatable bonds is 14. The van der Waals surface area contributed by atoms with E-state index < -0.39 is 5.91 Å². The first-order valence-corrected chi connectivity index (χ1v) is 13.3. The van der Waals surface area contributed by atoms with Crippen molar-refractivity contribution in [1.82, 2.24) is 5.32 Å². The molecule has 0 aromatic heterocycles. The zero-order valence-corrected chi connectivity index (χ0v) is 22.0. The maximum absolute atomic E-state index is 12.2. The van der Waals surface area contributed by atoms with Gasteiger partial charge in [-0.25, -0.2) is 0 Å². The largest absolute Gasteiger partial charge is 0.489 e. The first kappa shape index (κ1) is 25.8. The highest BCUT2D eigenvalue weighted by atomic mass is 79.9. The van der Waals surface area contributed by atoms with Crippen LogP contribution < -0.4 is 25.4 Å². The summed E-state index contributed by atoms with van der Waals surface area (Å²) < 4.78 is 12.9. The molecule has 0 radical (unpaired) electrons. The molecule has 2 aromatic carbocycles. The molecule has 2 aliphatic rings. The molecule has 1 fully saturated rings. The van der Waals surface area contributed by atoms with Gasteiger partial charge in [-0.1, -0.05) is 22.0 Å². The van der Waals surface area contributed by atoms with E-state index in [0.717, 1.165) is 59.8 Å². The third-order valence-electron chi connectivity index (χ3n) is 6.54. The number of anilines is 1. The second-order valence-electron chi connectivity index (χ2n) is 9.58. The van der Waals surface area contributed by atoms with Gasteiger partial charge in [0, 0.05) is 36.8 Å². The third kappa shape index (κ3) is 7.12. The topological polar surface area (TPSA) is 97.1 Å². The van der Waals surface area contributed by atoms with Crippen LogP contribution in [0.4, 0.5) is 5.69 Å². The van der Waals surface area contributed by atoms with Gasteiger partial charge in [0.25, 0.3) is 5.91 Å². The fourth-order valence-corrected chi connectivity index (χ4v) is 4.92. The second kappa shape index (κ2) is 12.1. The van der Waals surface area contributed by atoms with Crippen LogP contribution in [-0.4, -0.2) is 56.5 Å². The van der Waals surface area contributed by atoms with Crippen LogP contribution in [0.1, 0.15) is 47.7 Å². The monoisotopic (exact) mass is 545 g/mol. The number of hydrogen-bond donors (Lipinski definition) is 3. The first-order chi connectivity index (χ1) is 16.9. The Morgan fingerprint density at radius 2 is 2.09 bits per heavy atom. The third-order valence-corrected chi connectivity index (χ3v) is 7.03. The quantitative estimate of drug-likeness (QED) is 0.313. The molecular formula is C27H36BrN3O4. The summed E-state index contributed by atoms with van der Waals surface area (Å²) in [6.07, 6.45) is 4.86. The number of benzene rings is 2. The van der Waals surface area contributed by atoms with Crippen molar-refractivity contribution >= 4 is 27.5 Å². The van der Waals surface area contributed by atoms with E-state index in [9.17, 15) is 9.90 Å². The van der Waals surface area contributed by atoms with Crippen molar-refractivity contribution in [2.45, 2.75) is 45.1 Å². The van der Waals surface area contributed by atoms with Gasteiger partial charge < -0.3 is 30.5 Å². The molecule has 4 N–H and O–H groups in total. The maximum atomic E-state index is 12.2. The Morgan fingerprint density at radius 3 is 2.83 bits per heavy atom. The zero-order valence-electron chi connectivity index (χ0n) is 20.4. The lowest BCUT2D eigenvalue weighted by atomic mass is 9.98. The van der Waals surface area contributed by atoms with Gasteiger partial charge in [0.2, 0.25) is 0 Å². The standard InChI is InChI=1S/C27H36BrN3O4/c1-18(30-8-12-34-24-6-5-22(28)16-25(24)35-17-19-3-4-19)13-20-14-21-7-10-31(9-2-11-32)26(21)23(15-20)27(29)33/h5-6,14-16,18-19,30,32H,2-4,7-13,17H2,1H3,(H2,29,33)/t18-/m1/s1. The predicted octanol–water partition coefficient (Wildman–Crippen LogP) is 3.68. The highest BCUT2D eigenvalue weighted by Gasteiger charge is 2.25. The van der Waals surface area contributed by atoms with Crippen LogP contribution in [0.15, 0.2) is 34.8 Å². The molecule has 0 unspecified atom stereocenters. The average Bonchev–Trinajstić information content (AvgIpc) is 3.58. The number of primary amides is 1. The molecule has 1 heterocycles. The summed E-state index contributed by atoms with van der Waals surface area (Å²) in [4.78, 5) is 14.4. The lowest BCUT2D eigenvalue weighted by Crippen LogP contribution is -2.32. The molecule has 1 saturated carbocycles. The smallest absolute Gasteiger partial charge is 0.250 e. The number of hydrogen-bond acceptors (Lipinski definition) is 6. The van der Waals surface area contributed by atoms with E-state index in [1.54, 1.807) is 0 Å². The van der Waals surface area contributed by atoms with Crippen LogP contribution in [-0.2, 0) is 12.8 Å². The highest BCUT2D eigenvalue weighted by molar-refractivity contribution is 9.10. The van der Waals surface area contributed by atoms with E-state index in [2.05, 4.69) is 39.1 Å². The van der Waals surface area contributed by atoms with Crippen molar-refractivity contribution in [1.29, 1.82) is 0 Å². The van der Waals surface area contributed by atoms with Gasteiger partial charge in [-0.2, -0.15) is 0 Å². The fraction of sp³-hybridized carbons (Fsp3) is 0.519. The van der Waals surface area contributed by atoms with E-state index in [1.165, 1.54) is 18.4 Å². The number of carbonyl (C=O) groups excluding carboxylic acids is 1. The van der Waals surface area contributed by atoms with Crippen LogP contribution in [0.25, 0.3) is 0 Å². The van der Waals surface area contributed by atoms with Crippen molar-refractivity contribution in [3.05, 3.63) is 51.5 Å². The van der Waals surface area contributed by atoms with Gasteiger partial charge in [-0.15, -0.1) is 0 Å². The number of halogens is 1. The van der Waals surface area contributed by atoms with E-state index in [4.69, 9.17) is 15.2 Å². The Labute approximate surface area is 216 Å². The Kier molecular flexibility index (Phi) is 8.92. The summed E-state index contributed by atoms with van der Waals surface area (Å²) in [5.74, 6) is 1.83. The molecular weight excluding hydrogens is 510 g/mol. The van der Waals surface area contributed by atoms with Crippen molar-refractivity contribution in [3.63, 3.8) is 0 Å². The SMILES string of the molecule is C[C@H](Cc1cc2c(c(C(N)=O)c1)N(CCCO)CC2)NCCOc1ccc(Br)cc1OCC1CC1. The Balaban J connectivity index is 1.29. The molecule has 35 heavy (non-hydrogen) atoms. The van der Waals surface area contributed by atoms with Crippen molar-refractivity contribution in [3.8, 4) is 11.5 Å². The summed E-state index contributed by atoms with van der Waals surface area (Å²) in [6, 6.07) is 10.2. The van der Waals surface area contributed by atoms with Gasteiger partial charge in [-0.3, -0.25) is 4.79 Å². The number of amides is 1. The maximum Gasteiger partial charge on any atom is 0.250 e. The van der Waals surface area contributed by atoms with Crippen LogP contribution in [0, 0.1) is 5.92 Å². The van der Waals surface area contributed by atoms with Gasteiger partial charge in [0.15, 0.2) is 11.5 Å². The highest BCUT2D eigenvalue weighted by Crippen LogP contribution is 2.35. The normalized spacial score (nSPS) is 15.7. The summed E-state index contributed by atoms with van der Waals surface area (Å²) in [5.41, 5.74) is 9.53. The molecule has 1 amide bonds. The number of aliphatic hydroxyl groups is 1. The average molecular weight is 547 g/mol. The number of ether oxygens (including phenoxy) is 2. The molecule has 7 nitrogen and oxygen atoms in total. The van der Waals surface area contributed by atoms with Gasteiger partial charge in [-0.05, 0) is 80.3 Å². The van der Waals surface area contributed by atoms with Crippen LogP contribution in [0.2, 0.25) is 0 Å². The lowest BCUT2D eigenvalue weighted by Gasteiger charge is -2.22. The summed E-state index contributed by atoms with van der Waals surface area (Å²) in [7, 11) is 0. The summed E-state index contributed by atoms with van der Waals surface area (Å²) in [5, 5.41) is 12.7. The van der Waals surface area contributed by atoms with Crippen LogP contribution >= 0.6 is 15.9 Å². The number of carbonyl (C=O) groups is 1. The molecule has 1 aliphatic heterocycles. The van der Waals surface area contributed by atoms with E-state index in [-0.39, 0.29) is 12.6 Å². The second-order valence-corrected chi connectivity index (χ2v) is 10.5. The molecule has 4 rings (SSSR count). The predicted molar refractivity (Wildman–Crippen MR) is 142 cm³/mol. The zero-order chi connectivity index (χ0) is 24.8. The molecule has 0 saturated heterocycles. The Hall–Kier alpha value is -2.29. The van der Waals surface area contributed by atoms with E-state index in [0.29, 0.717) is 31.1 Å². The van der Waals surface area contributed by atoms with Crippen molar-refractivity contribution in [2.24, 2.45) is 11.7 Å². The van der Waals surface area contributed by atoms with Crippen LogP contribution in [0.3, 0.4) is 0 Å². The van der Waals surface area contributed by atoms with E-state index in [1.807, 2.05) is 24.3 Å². The fourth-order valence-electron chi connectivity index (χ4n) is 4.58. The minimum absolute atomic E-state index is 0.138. The molecule has 8 heteroatoms. The van der Waals surface area contributed by atoms with Crippen molar-refractivity contribution in [2.75, 3.05) is 44.4 Å². The minimum atomic E-state index is -0.401. The molecule has 0 spiro atoms. The molecule has 190 valence electrons. The number of fused-ring (bicyclic) bond motifs is 1. The lowest BCUT2D eigenvalue weighted by molar-refractivity contribution is 0.100. The van der Waals surface area contributed by atoms with Crippen molar-refractivity contribution < 1.29 is 19.4 Å². The molecule has 1 atom stereocenters. The van der Waals surface area contributed by atoms with Gasteiger partial charge >= 0.3 is 0 Å². The summed E-state index contributed by atoms with van der Waals surface area (Å²) >= 11 is 3.51. The number of nitrogens with one attached hydrogen (secondary N) is 1.